The van der Waals surface area contributed by atoms with Crippen molar-refractivity contribution in [2.24, 2.45) is 0 Å². The Balaban J connectivity index is 1.34. The maximum atomic E-state index is 13.7. The van der Waals surface area contributed by atoms with Gasteiger partial charge in [0.1, 0.15) is 5.82 Å². The van der Waals surface area contributed by atoms with Crippen molar-refractivity contribution in [1.29, 1.82) is 0 Å². The number of amides is 2. The van der Waals surface area contributed by atoms with Gasteiger partial charge in [0.2, 0.25) is 0 Å². The van der Waals surface area contributed by atoms with Gasteiger partial charge >= 0.3 is 0 Å². The lowest BCUT2D eigenvalue weighted by Gasteiger charge is -2.30. The average molecular weight is 473 g/mol. The molecule has 35 heavy (non-hydrogen) atoms. The first-order valence-corrected chi connectivity index (χ1v) is 11.6. The van der Waals surface area contributed by atoms with Gasteiger partial charge in [0.15, 0.2) is 11.5 Å². The van der Waals surface area contributed by atoms with Crippen LogP contribution < -0.4 is 15.0 Å². The van der Waals surface area contributed by atoms with Crippen LogP contribution >= 0.6 is 0 Å². The SMILES string of the molecule is O=C(NC[C@H]1CCCO1)c1ccc(/C=C2\Oc3ccccc3N(Cc3cccc(F)c3)C2=O)cc1. The molecule has 178 valence electrons. The molecule has 3 aromatic rings. The molecule has 3 aromatic carbocycles. The van der Waals surface area contributed by atoms with Gasteiger partial charge in [-0.15, -0.1) is 0 Å². The zero-order valence-electron chi connectivity index (χ0n) is 19.1. The Morgan fingerprint density at radius 1 is 1.09 bits per heavy atom. The first kappa shape index (κ1) is 22.8. The van der Waals surface area contributed by atoms with Crippen LogP contribution in [0.4, 0.5) is 10.1 Å². The summed E-state index contributed by atoms with van der Waals surface area (Å²) in [5, 5.41) is 2.90. The van der Waals surface area contributed by atoms with Gasteiger partial charge in [-0.2, -0.15) is 0 Å². The van der Waals surface area contributed by atoms with Crippen LogP contribution in [-0.2, 0) is 16.1 Å². The third-order valence-electron chi connectivity index (χ3n) is 6.05. The summed E-state index contributed by atoms with van der Waals surface area (Å²) in [6, 6.07) is 20.4. The molecule has 1 N–H and O–H groups in total. The highest BCUT2D eigenvalue weighted by Gasteiger charge is 2.30. The van der Waals surface area contributed by atoms with Crippen molar-refractivity contribution in [3.05, 3.63) is 101 Å². The summed E-state index contributed by atoms with van der Waals surface area (Å²) in [5.41, 5.74) is 2.54. The molecule has 1 saturated heterocycles. The molecule has 0 saturated carbocycles. The normalized spacial score (nSPS) is 18.3. The topological polar surface area (TPSA) is 67.9 Å². The number of hydrogen-bond acceptors (Lipinski definition) is 4. The first-order chi connectivity index (χ1) is 17.1. The first-order valence-electron chi connectivity index (χ1n) is 11.6. The molecule has 5 rings (SSSR count). The smallest absolute Gasteiger partial charge is 0.294 e. The van der Waals surface area contributed by atoms with Crippen LogP contribution in [0.3, 0.4) is 0 Å². The second kappa shape index (κ2) is 10.1. The fraction of sp³-hybridized carbons (Fsp3) is 0.214. The van der Waals surface area contributed by atoms with E-state index in [0.717, 1.165) is 19.4 Å². The van der Waals surface area contributed by atoms with Crippen molar-refractivity contribution in [2.45, 2.75) is 25.5 Å². The van der Waals surface area contributed by atoms with Gasteiger partial charge in [0, 0.05) is 18.7 Å². The average Bonchev–Trinajstić information content (AvgIpc) is 3.39. The van der Waals surface area contributed by atoms with E-state index in [-0.39, 0.29) is 36.0 Å². The van der Waals surface area contributed by atoms with Gasteiger partial charge in [-0.1, -0.05) is 36.4 Å². The molecule has 0 spiro atoms. The van der Waals surface area contributed by atoms with Gasteiger partial charge in [-0.05, 0) is 66.4 Å². The summed E-state index contributed by atoms with van der Waals surface area (Å²) in [5.74, 6) is -0.158. The predicted molar refractivity (Wildman–Crippen MR) is 130 cm³/mol. The maximum Gasteiger partial charge on any atom is 0.294 e. The zero-order chi connectivity index (χ0) is 24.2. The molecule has 1 fully saturated rings. The Morgan fingerprint density at radius 2 is 1.91 bits per heavy atom. The van der Waals surface area contributed by atoms with E-state index >= 15 is 0 Å². The third-order valence-corrected chi connectivity index (χ3v) is 6.05. The van der Waals surface area contributed by atoms with E-state index in [1.165, 1.54) is 12.1 Å². The van der Waals surface area contributed by atoms with E-state index in [0.29, 0.717) is 34.7 Å². The van der Waals surface area contributed by atoms with Gasteiger partial charge < -0.3 is 14.8 Å². The highest BCUT2D eigenvalue weighted by Crippen LogP contribution is 2.36. The minimum atomic E-state index is -0.354. The highest BCUT2D eigenvalue weighted by atomic mass is 19.1. The molecular formula is C28H25FN2O4. The molecule has 2 aliphatic heterocycles. The Bertz CT molecular complexity index is 1270. The highest BCUT2D eigenvalue weighted by molar-refractivity contribution is 6.09. The third kappa shape index (κ3) is 5.25. The molecule has 7 heteroatoms. The quantitative estimate of drug-likeness (QED) is 0.528. The summed E-state index contributed by atoms with van der Waals surface area (Å²) < 4.78 is 25.2. The Morgan fingerprint density at radius 3 is 2.69 bits per heavy atom. The number of carbonyl (C=O) groups is 2. The number of halogens is 1. The molecule has 2 heterocycles. The van der Waals surface area contributed by atoms with E-state index in [1.807, 2.05) is 12.1 Å². The standard InChI is InChI=1S/C28H25FN2O4/c29-22-6-3-5-20(15-22)18-31-24-8-1-2-9-25(24)35-26(28(31)33)16-19-10-12-21(13-11-19)27(32)30-17-23-7-4-14-34-23/h1-3,5-6,8-13,15-16,23H,4,7,14,17-18H2,(H,30,32)/b26-16-/t23-/m1/s1. The van der Waals surface area contributed by atoms with Crippen LogP contribution in [0.2, 0.25) is 0 Å². The largest absolute Gasteiger partial charge is 0.449 e. The molecule has 0 bridgehead atoms. The van der Waals surface area contributed by atoms with Crippen LogP contribution in [0, 0.1) is 5.82 Å². The maximum absolute atomic E-state index is 13.7. The van der Waals surface area contributed by atoms with E-state index in [9.17, 15) is 14.0 Å². The number of fused-ring (bicyclic) bond motifs is 1. The van der Waals surface area contributed by atoms with Crippen LogP contribution in [0.1, 0.15) is 34.3 Å². The Hall–Kier alpha value is -3.97. The summed E-state index contributed by atoms with van der Waals surface area (Å²) in [6.07, 6.45) is 3.70. The van der Waals surface area contributed by atoms with Gasteiger partial charge in [0.25, 0.3) is 11.8 Å². The van der Waals surface area contributed by atoms with Crippen molar-refractivity contribution < 1.29 is 23.5 Å². The van der Waals surface area contributed by atoms with Crippen molar-refractivity contribution in [3.63, 3.8) is 0 Å². The molecule has 2 amide bonds. The zero-order valence-corrected chi connectivity index (χ0v) is 19.1. The van der Waals surface area contributed by atoms with Crippen LogP contribution in [0.15, 0.2) is 78.6 Å². The molecule has 1 atom stereocenters. The number of anilines is 1. The van der Waals surface area contributed by atoms with Gasteiger partial charge in [0.05, 0.1) is 18.3 Å². The fourth-order valence-electron chi connectivity index (χ4n) is 4.23. The monoisotopic (exact) mass is 472 g/mol. The number of nitrogens with one attached hydrogen (secondary N) is 1. The number of para-hydroxylation sites is 2. The molecule has 0 aromatic heterocycles. The molecule has 2 aliphatic rings. The Labute approximate surface area is 203 Å². The second-order valence-corrected chi connectivity index (χ2v) is 8.57. The predicted octanol–water partition coefficient (Wildman–Crippen LogP) is 4.70. The fourth-order valence-corrected chi connectivity index (χ4v) is 4.23. The van der Waals surface area contributed by atoms with Crippen LogP contribution in [0.25, 0.3) is 6.08 Å². The van der Waals surface area contributed by atoms with Gasteiger partial charge in [-0.3, -0.25) is 14.5 Å². The van der Waals surface area contributed by atoms with E-state index in [1.54, 1.807) is 59.5 Å². The number of carbonyl (C=O) groups excluding carboxylic acids is 2. The minimum absolute atomic E-state index is 0.0793. The number of benzene rings is 3. The summed E-state index contributed by atoms with van der Waals surface area (Å²) in [4.78, 5) is 27.3. The second-order valence-electron chi connectivity index (χ2n) is 8.57. The lowest BCUT2D eigenvalue weighted by Crippen LogP contribution is -2.36. The molecule has 0 aliphatic carbocycles. The lowest BCUT2D eigenvalue weighted by atomic mass is 10.1. The number of ether oxygens (including phenoxy) is 2. The number of hydrogen-bond donors (Lipinski definition) is 1. The van der Waals surface area contributed by atoms with Crippen LogP contribution in [-0.4, -0.2) is 31.1 Å². The van der Waals surface area contributed by atoms with E-state index in [4.69, 9.17) is 9.47 Å². The molecule has 6 nitrogen and oxygen atoms in total. The van der Waals surface area contributed by atoms with Crippen LogP contribution in [0.5, 0.6) is 5.75 Å². The van der Waals surface area contributed by atoms with Crippen molar-refractivity contribution in [2.75, 3.05) is 18.1 Å². The van der Waals surface area contributed by atoms with Crippen molar-refractivity contribution in [3.8, 4) is 5.75 Å². The number of rotatable bonds is 6. The van der Waals surface area contributed by atoms with E-state index < -0.39 is 0 Å². The summed E-state index contributed by atoms with van der Waals surface area (Å²) >= 11 is 0. The lowest BCUT2D eigenvalue weighted by molar-refractivity contribution is -0.117. The molecular weight excluding hydrogens is 447 g/mol. The van der Waals surface area contributed by atoms with Gasteiger partial charge in [-0.25, -0.2) is 4.39 Å². The van der Waals surface area contributed by atoms with Crippen molar-refractivity contribution in [1.82, 2.24) is 5.32 Å². The molecule has 0 unspecified atom stereocenters. The summed E-state index contributed by atoms with van der Waals surface area (Å²) in [7, 11) is 0. The Kier molecular flexibility index (Phi) is 6.59. The minimum Gasteiger partial charge on any atom is -0.449 e. The number of nitrogens with zero attached hydrogens (tertiary/aromatic N) is 1. The van der Waals surface area contributed by atoms with E-state index in [2.05, 4.69) is 5.32 Å². The summed E-state index contributed by atoms with van der Waals surface area (Å²) in [6.45, 7) is 1.44. The molecule has 0 radical (unpaired) electrons. The van der Waals surface area contributed by atoms with Crippen molar-refractivity contribution >= 4 is 23.6 Å².